The van der Waals surface area contributed by atoms with E-state index in [4.69, 9.17) is 42.1 Å². The van der Waals surface area contributed by atoms with Gasteiger partial charge in [-0.05, 0) is 48.5 Å². The molecule has 0 radical (unpaired) electrons. The van der Waals surface area contributed by atoms with Gasteiger partial charge in [-0.1, -0.05) is 48.5 Å². The Labute approximate surface area is 387 Å². The van der Waals surface area contributed by atoms with E-state index in [0.717, 1.165) is 0 Å². The summed E-state index contributed by atoms with van der Waals surface area (Å²) in [6, 6.07) is 25.0. The maximum Gasteiger partial charge on any atom is 0.335 e. The summed E-state index contributed by atoms with van der Waals surface area (Å²) >= 11 is 0. The number of aromatic carboxylic acids is 4. The number of benzene rings is 4. The van der Waals surface area contributed by atoms with Crippen LogP contribution >= 0.6 is 37.2 Å². The van der Waals surface area contributed by atoms with Crippen LogP contribution in [0.15, 0.2) is 97.1 Å². The third-order valence-electron chi connectivity index (χ3n) is 7.41. The molecule has 8 N–H and O–H groups in total. The fraction of sp³-hybridized carbons (Fsp3) is 0.200. The van der Waals surface area contributed by atoms with Gasteiger partial charge in [-0.25, -0.2) is 19.2 Å². The molecule has 0 aliphatic heterocycles. The van der Waals surface area contributed by atoms with Crippen LogP contribution in [0.1, 0.15) is 63.7 Å². The SMILES string of the molecule is CN(C)C(=N)c1ccc(C(=O)O)cc1.CN(C)C(=N)c1ccc(C(=O)O)cc1.CN(C)C(=N)c1ccc(C(=O)O)cc1.CN(C)C(=N)c1ccc(C(=O)O)cc1.Cl.Cl.Cl.[Zr]. The van der Waals surface area contributed by atoms with E-state index in [2.05, 4.69) is 0 Å². The molecule has 16 nitrogen and oxygen atoms in total. The normalized spacial score (nSPS) is 8.93. The fourth-order valence-corrected chi connectivity index (χ4v) is 4.12. The molecule has 60 heavy (non-hydrogen) atoms. The number of nitrogens with one attached hydrogen (secondary N) is 4. The Morgan fingerprint density at radius 1 is 0.317 bits per heavy atom. The number of nitrogens with zero attached hydrogens (tertiary/aromatic N) is 4. The summed E-state index contributed by atoms with van der Waals surface area (Å²) in [4.78, 5) is 48.9. The summed E-state index contributed by atoms with van der Waals surface area (Å²) in [5, 5.41) is 65.2. The zero-order valence-electron chi connectivity index (χ0n) is 34.2. The second-order valence-electron chi connectivity index (χ2n) is 12.5. The zero-order chi connectivity index (χ0) is 42.9. The Hall–Kier alpha value is -5.61. The number of hydrogen-bond acceptors (Lipinski definition) is 8. The van der Waals surface area contributed by atoms with E-state index in [1.807, 2.05) is 0 Å². The predicted molar refractivity (Wildman–Crippen MR) is 237 cm³/mol. The Kier molecular flexibility index (Phi) is 30.1. The van der Waals surface area contributed by atoms with E-state index in [1.165, 1.54) is 48.5 Å². The first-order valence-corrected chi connectivity index (χ1v) is 16.5. The van der Waals surface area contributed by atoms with Crippen LogP contribution in [-0.2, 0) is 26.2 Å². The molecule has 0 fully saturated rings. The second kappa shape index (κ2) is 29.6. The molecule has 0 amide bonds. The summed E-state index contributed by atoms with van der Waals surface area (Å²) < 4.78 is 0. The first-order chi connectivity index (χ1) is 26.1. The molecule has 0 aliphatic carbocycles. The van der Waals surface area contributed by atoms with Gasteiger partial charge in [0.25, 0.3) is 0 Å². The van der Waals surface area contributed by atoms with Crippen LogP contribution in [0.5, 0.6) is 0 Å². The Bertz CT molecular complexity index is 1740. The van der Waals surface area contributed by atoms with Gasteiger partial charge in [0.1, 0.15) is 23.3 Å². The number of carboxylic acid groups (broad SMARTS) is 4. The maximum absolute atomic E-state index is 10.6. The van der Waals surface area contributed by atoms with Crippen LogP contribution in [0.25, 0.3) is 0 Å². The van der Waals surface area contributed by atoms with Crippen molar-refractivity contribution in [3.05, 3.63) is 142 Å². The minimum Gasteiger partial charge on any atom is -0.478 e. The average molecular weight is 969 g/mol. The summed E-state index contributed by atoms with van der Waals surface area (Å²) in [5.74, 6) is -2.35. The van der Waals surface area contributed by atoms with Crippen molar-refractivity contribution in [1.29, 1.82) is 21.6 Å². The molecule has 0 heterocycles. The van der Waals surface area contributed by atoms with Gasteiger partial charge in [-0.15, -0.1) is 37.2 Å². The van der Waals surface area contributed by atoms with E-state index in [0.29, 0.717) is 45.6 Å². The predicted octanol–water partition coefficient (Wildman–Crippen LogP) is 6.35. The van der Waals surface area contributed by atoms with Gasteiger partial charge in [-0.3, -0.25) is 21.6 Å². The number of hydrogen-bond donors (Lipinski definition) is 8. The van der Waals surface area contributed by atoms with Crippen molar-refractivity contribution in [3.8, 4) is 0 Å². The monoisotopic (exact) mass is 966 g/mol. The minimum absolute atomic E-state index is 0. The maximum atomic E-state index is 10.6. The molecule has 4 rings (SSSR count). The number of rotatable bonds is 8. The molecule has 0 aliphatic rings. The van der Waals surface area contributed by atoms with Crippen molar-refractivity contribution >= 4 is 84.4 Å². The van der Waals surface area contributed by atoms with Crippen LogP contribution < -0.4 is 0 Å². The molecule has 0 unspecified atom stereocenters. The van der Waals surface area contributed by atoms with E-state index < -0.39 is 23.9 Å². The fourth-order valence-electron chi connectivity index (χ4n) is 4.12. The first kappa shape index (κ1) is 61.1. The molecule has 0 saturated carbocycles. The van der Waals surface area contributed by atoms with E-state index in [1.54, 1.807) is 125 Å². The average Bonchev–Trinajstić information content (AvgIpc) is 3.17. The smallest absolute Gasteiger partial charge is 0.335 e. The number of halogens is 3. The molecular formula is C40H51Cl3N8O8Zr. The molecule has 0 bridgehead atoms. The minimum atomic E-state index is -0.951. The molecular weight excluding hydrogens is 918 g/mol. The largest absolute Gasteiger partial charge is 0.478 e. The quantitative estimate of drug-likeness (QED) is 0.0710. The van der Waals surface area contributed by atoms with Crippen molar-refractivity contribution in [3.63, 3.8) is 0 Å². The molecule has 4 aromatic rings. The van der Waals surface area contributed by atoms with Crippen LogP contribution in [0.4, 0.5) is 0 Å². The summed E-state index contributed by atoms with van der Waals surface area (Å²) in [7, 11) is 14.2. The van der Waals surface area contributed by atoms with Crippen molar-refractivity contribution < 1.29 is 65.8 Å². The van der Waals surface area contributed by atoms with E-state index in [9.17, 15) is 19.2 Å². The molecule has 0 atom stereocenters. The summed E-state index contributed by atoms with van der Waals surface area (Å²) in [5.41, 5.74) is 3.78. The van der Waals surface area contributed by atoms with E-state index >= 15 is 0 Å². The molecule has 0 spiro atoms. The Morgan fingerprint density at radius 3 is 0.500 bits per heavy atom. The molecule has 0 saturated heterocycles. The zero-order valence-corrected chi connectivity index (χ0v) is 39.1. The van der Waals surface area contributed by atoms with Crippen molar-refractivity contribution in [2.45, 2.75) is 0 Å². The summed E-state index contributed by atoms with van der Waals surface area (Å²) in [6.07, 6.45) is 0. The van der Waals surface area contributed by atoms with Crippen LogP contribution in [0, 0.1) is 21.6 Å². The van der Waals surface area contributed by atoms with Gasteiger partial charge >= 0.3 is 23.9 Å². The van der Waals surface area contributed by atoms with Gasteiger partial charge in [-0.2, -0.15) is 0 Å². The van der Waals surface area contributed by atoms with Gasteiger partial charge in [0.15, 0.2) is 0 Å². The third-order valence-corrected chi connectivity index (χ3v) is 7.41. The molecule has 4 aromatic carbocycles. The molecule has 324 valence electrons. The van der Waals surface area contributed by atoms with Gasteiger partial charge in [0.05, 0.1) is 22.3 Å². The number of amidine groups is 4. The summed E-state index contributed by atoms with van der Waals surface area (Å²) in [6.45, 7) is 0. The first-order valence-electron chi connectivity index (χ1n) is 16.5. The van der Waals surface area contributed by atoms with Crippen LogP contribution in [0.2, 0.25) is 0 Å². The molecule has 20 heteroatoms. The van der Waals surface area contributed by atoms with Crippen molar-refractivity contribution in [2.75, 3.05) is 56.4 Å². The Balaban J connectivity index is -0.000000341. The number of carbonyl (C=O) groups is 4. The Morgan fingerprint density at radius 2 is 0.417 bits per heavy atom. The molecule has 0 aromatic heterocycles. The van der Waals surface area contributed by atoms with Gasteiger partial charge < -0.3 is 40.0 Å². The standard InChI is InChI=1S/4C10H12N2O2.3ClH.Zr/c4*1-12(2)9(11)7-3-5-8(6-4-7)10(13)14;;;;/h4*3-6,11H,1-2H3,(H,13,14);3*1H;. The van der Waals surface area contributed by atoms with Gasteiger partial charge in [0.2, 0.25) is 0 Å². The van der Waals surface area contributed by atoms with Crippen molar-refractivity contribution in [1.82, 2.24) is 19.6 Å². The van der Waals surface area contributed by atoms with Crippen LogP contribution in [0.3, 0.4) is 0 Å². The number of carboxylic acids is 4. The third kappa shape index (κ3) is 20.4. The topological polar surface area (TPSA) is 258 Å². The second-order valence-corrected chi connectivity index (χ2v) is 12.5. The van der Waals surface area contributed by atoms with Crippen molar-refractivity contribution in [2.24, 2.45) is 0 Å². The van der Waals surface area contributed by atoms with Gasteiger partial charge in [0, 0.05) is 105 Å². The van der Waals surface area contributed by atoms with E-state index in [-0.39, 0.29) is 85.7 Å². The van der Waals surface area contributed by atoms with Crippen LogP contribution in [-0.4, -0.2) is 144 Å².